The number of benzene rings is 2. The predicted molar refractivity (Wildman–Crippen MR) is 121 cm³/mol. The number of pyridine rings is 1. The second-order valence-electron chi connectivity index (χ2n) is 7.37. The first-order valence-electron chi connectivity index (χ1n) is 9.94. The number of H-pyrrole nitrogens is 1. The lowest BCUT2D eigenvalue weighted by molar-refractivity contribution is 0.0950. The Morgan fingerprint density at radius 2 is 1.87 bits per heavy atom. The van der Waals surface area contributed by atoms with E-state index in [1.165, 1.54) is 11.6 Å². The van der Waals surface area contributed by atoms with Crippen LogP contribution in [-0.4, -0.2) is 22.9 Å². The van der Waals surface area contributed by atoms with Crippen molar-refractivity contribution in [1.82, 2.24) is 20.6 Å². The Kier molecular flexibility index (Phi) is 6.30. The van der Waals surface area contributed by atoms with Crippen LogP contribution in [-0.2, 0) is 19.5 Å². The van der Waals surface area contributed by atoms with Gasteiger partial charge in [0.15, 0.2) is 0 Å². The summed E-state index contributed by atoms with van der Waals surface area (Å²) in [6, 6.07) is 14.7. The summed E-state index contributed by atoms with van der Waals surface area (Å²) in [6.45, 7) is 0.880. The highest BCUT2D eigenvalue weighted by Crippen LogP contribution is 2.25. The summed E-state index contributed by atoms with van der Waals surface area (Å²) in [7, 11) is 1.91. The van der Waals surface area contributed by atoms with Gasteiger partial charge in [0.05, 0.1) is 5.02 Å². The SMILES string of the molecule is CNCc1ccc(Cc2cc(C(=O)NCc3cc4c(Cl)c[nH]c4cc3F)ccn2)cc1. The predicted octanol–water partition coefficient (Wildman–Crippen LogP) is 4.60. The van der Waals surface area contributed by atoms with Crippen LogP contribution in [0.2, 0.25) is 5.02 Å². The number of carbonyl (C=O) groups is 1. The lowest BCUT2D eigenvalue weighted by Crippen LogP contribution is -2.23. The Hall–Kier alpha value is -3.22. The first-order chi connectivity index (χ1) is 15.0. The molecule has 0 atom stereocenters. The lowest BCUT2D eigenvalue weighted by Gasteiger charge is -2.09. The molecule has 7 heteroatoms. The molecule has 1 amide bonds. The van der Waals surface area contributed by atoms with Crippen LogP contribution >= 0.6 is 11.6 Å². The highest BCUT2D eigenvalue weighted by atomic mass is 35.5. The molecule has 0 spiro atoms. The Morgan fingerprint density at radius 3 is 2.65 bits per heavy atom. The zero-order valence-electron chi connectivity index (χ0n) is 17.0. The molecule has 0 aliphatic rings. The summed E-state index contributed by atoms with van der Waals surface area (Å²) in [4.78, 5) is 19.9. The van der Waals surface area contributed by atoms with Crippen molar-refractivity contribution in [1.29, 1.82) is 0 Å². The largest absolute Gasteiger partial charge is 0.360 e. The third-order valence-electron chi connectivity index (χ3n) is 5.11. The molecule has 2 heterocycles. The number of aromatic amines is 1. The molecule has 0 radical (unpaired) electrons. The van der Waals surface area contributed by atoms with Crippen molar-refractivity contribution >= 4 is 28.4 Å². The topological polar surface area (TPSA) is 69.8 Å². The average Bonchev–Trinajstić information content (AvgIpc) is 3.13. The summed E-state index contributed by atoms with van der Waals surface area (Å²) in [6.07, 6.45) is 3.85. The molecule has 2 aromatic heterocycles. The molecule has 0 aliphatic carbocycles. The number of carbonyl (C=O) groups excluding carboxylic acids is 1. The van der Waals surface area contributed by atoms with E-state index < -0.39 is 5.82 Å². The Bertz CT molecular complexity index is 1220. The van der Waals surface area contributed by atoms with Crippen LogP contribution in [0, 0.1) is 5.82 Å². The number of rotatable bonds is 7. The van der Waals surface area contributed by atoms with Gasteiger partial charge in [-0.15, -0.1) is 0 Å². The molecule has 31 heavy (non-hydrogen) atoms. The quantitative estimate of drug-likeness (QED) is 0.396. The zero-order chi connectivity index (χ0) is 21.8. The standard InChI is InChI=1S/C24H22ClFN4O/c1-27-12-16-4-2-15(3-5-16)8-19-9-17(6-7-28-19)24(31)30-13-18-10-20-21(25)14-29-23(20)11-22(18)26/h2-7,9-11,14,27,29H,8,12-13H2,1H3,(H,30,31). The van der Waals surface area contributed by atoms with Crippen molar-refractivity contribution in [2.45, 2.75) is 19.5 Å². The maximum absolute atomic E-state index is 14.3. The van der Waals surface area contributed by atoms with E-state index in [1.54, 1.807) is 30.6 Å². The minimum absolute atomic E-state index is 0.0622. The van der Waals surface area contributed by atoms with Crippen LogP contribution < -0.4 is 10.6 Å². The monoisotopic (exact) mass is 436 g/mol. The van der Waals surface area contributed by atoms with Gasteiger partial charge in [-0.05, 0) is 42.4 Å². The van der Waals surface area contributed by atoms with Gasteiger partial charge in [0.1, 0.15) is 5.82 Å². The highest BCUT2D eigenvalue weighted by Gasteiger charge is 2.12. The minimum Gasteiger partial charge on any atom is -0.360 e. The molecule has 0 saturated carbocycles. The molecule has 4 aromatic rings. The second-order valence-corrected chi connectivity index (χ2v) is 7.78. The van der Waals surface area contributed by atoms with E-state index in [-0.39, 0.29) is 12.5 Å². The Morgan fingerprint density at radius 1 is 1.10 bits per heavy atom. The van der Waals surface area contributed by atoms with Crippen molar-refractivity contribution in [3.05, 3.63) is 99.7 Å². The average molecular weight is 437 g/mol. The molecule has 3 N–H and O–H groups in total. The lowest BCUT2D eigenvalue weighted by atomic mass is 10.1. The van der Waals surface area contributed by atoms with Gasteiger partial charge in [0.25, 0.3) is 5.91 Å². The molecule has 5 nitrogen and oxygen atoms in total. The molecule has 0 saturated heterocycles. The fourth-order valence-corrected chi connectivity index (χ4v) is 3.68. The number of fused-ring (bicyclic) bond motifs is 1. The molecule has 158 valence electrons. The first-order valence-corrected chi connectivity index (χ1v) is 10.3. The van der Waals surface area contributed by atoms with Gasteiger partial charge >= 0.3 is 0 Å². The maximum atomic E-state index is 14.3. The summed E-state index contributed by atoms with van der Waals surface area (Å²) in [5.74, 6) is -0.684. The number of halogens is 2. The van der Waals surface area contributed by atoms with Gasteiger partial charge < -0.3 is 15.6 Å². The van der Waals surface area contributed by atoms with Crippen molar-refractivity contribution < 1.29 is 9.18 Å². The molecule has 0 unspecified atom stereocenters. The van der Waals surface area contributed by atoms with Gasteiger partial charge in [0.2, 0.25) is 0 Å². The molecule has 0 fully saturated rings. The van der Waals surface area contributed by atoms with Gasteiger partial charge in [-0.1, -0.05) is 35.9 Å². The normalized spacial score (nSPS) is 11.1. The molecule has 2 aromatic carbocycles. The van der Waals surface area contributed by atoms with E-state index in [2.05, 4.69) is 44.9 Å². The van der Waals surface area contributed by atoms with Gasteiger partial charge in [-0.3, -0.25) is 9.78 Å². The first kappa shape index (κ1) is 21.0. The molecular weight excluding hydrogens is 415 g/mol. The van der Waals surface area contributed by atoms with Crippen LogP contribution in [0.5, 0.6) is 0 Å². The summed E-state index contributed by atoms with van der Waals surface area (Å²) in [5, 5.41) is 7.14. The summed E-state index contributed by atoms with van der Waals surface area (Å²) in [5.41, 5.74) is 4.59. The van der Waals surface area contributed by atoms with Crippen molar-refractivity contribution in [3.63, 3.8) is 0 Å². The fraction of sp³-hybridized carbons (Fsp3) is 0.167. The van der Waals surface area contributed by atoms with Gasteiger partial charge in [-0.25, -0.2) is 4.39 Å². The fourth-order valence-electron chi connectivity index (χ4n) is 3.47. The minimum atomic E-state index is -0.400. The zero-order valence-corrected chi connectivity index (χ0v) is 17.8. The summed E-state index contributed by atoms with van der Waals surface area (Å²) >= 11 is 6.11. The number of nitrogens with one attached hydrogen (secondary N) is 3. The van der Waals surface area contributed by atoms with E-state index in [0.717, 1.165) is 23.2 Å². The van der Waals surface area contributed by atoms with Crippen LogP contribution in [0.1, 0.15) is 32.7 Å². The smallest absolute Gasteiger partial charge is 0.251 e. The van der Waals surface area contributed by atoms with Crippen LogP contribution in [0.15, 0.2) is 60.9 Å². The molecule has 0 bridgehead atoms. The van der Waals surface area contributed by atoms with Gasteiger partial charge in [-0.2, -0.15) is 0 Å². The van der Waals surface area contributed by atoms with E-state index in [9.17, 15) is 9.18 Å². The Labute approximate surface area is 184 Å². The number of hydrogen-bond acceptors (Lipinski definition) is 3. The van der Waals surface area contributed by atoms with Crippen molar-refractivity contribution in [2.24, 2.45) is 0 Å². The maximum Gasteiger partial charge on any atom is 0.251 e. The molecule has 4 rings (SSSR count). The van der Waals surface area contributed by atoms with Gasteiger partial charge in [0, 0.05) is 59.6 Å². The van der Waals surface area contributed by atoms with Crippen molar-refractivity contribution in [3.8, 4) is 0 Å². The van der Waals surface area contributed by atoms with E-state index in [0.29, 0.717) is 28.1 Å². The number of amides is 1. The highest BCUT2D eigenvalue weighted by molar-refractivity contribution is 6.35. The molecule has 0 aliphatic heterocycles. The third kappa shape index (κ3) is 4.93. The number of nitrogens with zero attached hydrogens (tertiary/aromatic N) is 1. The van der Waals surface area contributed by atoms with Crippen LogP contribution in [0.3, 0.4) is 0 Å². The van der Waals surface area contributed by atoms with Crippen LogP contribution in [0.25, 0.3) is 10.9 Å². The number of hydrogen-bond donors (Lipinski definition) is 3. The van der Waals surface area contributed by atoms with E-state index in [4.69, 9.17) is 11.6 Å². The number of aromatic nitrogens is 2. The Balaban J connectivity index is 1.43. The summed E-state index contributed by atoms with van der Waals surface area (Å²) < 4.78 is 14.3. The van der Waals surface area contributed by atoms with E-state index >= 15 is 0 Å². The third-order valence-corrected chi connectivity index (χ3v) is 5.42. The molecular formula is C24H22ClFN4O. The second kappa shape index (κ2) is 9.29. The van der Waals surface area contributed by atoms with E-state index in [1.807, 2.05) is 7.05 Å². The van der Waals surface area contributed by atoms with Crippen LogP contribution in [0.4, 0.5) is 4.39 Å². The van der Waals surface area contributed by atoms with Crippen molar-refractivity contribution in [2.75, 3.05) is 7.05 Å².